The maximum atomic E-state index is 6.55. The number of piperidine rings is 1. The van der Waals surface area contributed by atoms with Crippen molar-refractivity contribution in [3.63, 3.8) is 0 Å². The number of nitrogens with zero attached hydrogens (tertiary/aromatic N) is 5. The number of fused-ring (bicyclic) bond motifs is 4. The maximum absolute atomic E-state index is 6.55. The molecular weight excluding hydrogens is 398 g/mol. The largest absolute Gasteiger partial charge is 0.461 e. The molecule has 7 heteroatoms. The Morgan fingerprint density at radius 1 is 1.10 bits per heavy atom. The Morgan fingerprint density at radius 3 is 2.57 bits per heavy atom. The lowest BCUT2D eigenvalue weighted by Gasteiger charge is -2.34. The van der Waals surface area contributed by atoms with Gasteiger partial charge in [0.2, 0.25) is 0 Å². The molecule has 2 bridgehead atoms. The molecule has 160 valence electrons. The number of hydrogen-bond donors (Lipinski definition) is 0. The molecule has 0 spiro atoms. The van der Waals surface area contributed by atoms with Crippen LogP contribution in [-0.2, 0) is 0 Å². The molecule has 0 N–H and O–H groups in total. The molecule has 1 saturated carbocycles. The van der Waals surface area contributed by atoms with Crippen LogP contribution in [0.5, 0.6) is 6.01 Å². The molecule has 3 aliphatic heterocycles. The van der Waals surface area contributed by atoms with Crippen molar-refractivity contribution in [3.8, 4) is 6.01 Å². The van der Waals surface area contributed by atoms with Gasteiger partial charge in [-0.2, -0.15) is 9.97 Å². The number of aryl methyl sites for hydroxylation is 1. The highest BCUT2D eigenvalue weighted by Gasteiger charge is 2.45. The number of ether oxygens (including phenoxy) is 1. The van der Waals surface area contributed by atoms with E-state index < -0.39 is 0 Å². The van der Waals surface area contributed by atoms with Gasteiger partial charge in [-0.05, 0) is 82.9 Å². The first-order valence-electron chi connectivity index (χ1n) is 11.6. The third kappa shape index (κ3) is 3.14. The zero-order valence-corrected chi connectivity index (χ0v) is 18.5. The third-order valence-corrected chi connectivity index (χ3v) is 8.18. The number of aromatic nitrogens is 3. The summed E-state index contributed by atoms with van der Waals surface area (Å²) in [6, 6.07) is 2.53. The average Bonchev–Trinajstić information content (AvgIpc) is 3.40. The number of pyridine rings is 1. The van der Waals surface area contributed by atoms with E-state index in [0.29, 0.717) is 23.3 Å². The van der Waals surface area contributed by atoms with Gasteiger partial charge in [-0.15, -0.1) is 0 Å². The first-order chi connectivity index (χ1) is 14.6. The van der Waals surface area contributed by atoms with E-state index in [2.05, 4.69) is 20.9 Å². The molecular formula is C23H30ClN5O. The molecule has 2 aromatic rings. The van der Waals surface area contributed by atoms with Crippen molar-refractivity contribution in [2.45, 2.75) is 57.4 Å². The summed E-state index contributed by atoms with van der Waals surface area (Å²) in [5.41, 5.74) is 1.79. The molecule has 0 amide bonds. The fourth-order valence-electron chi connectivity index (χ4n) is 6.52. The lowest BCUT2D eigenvalue weighted by Crippen LogP contribution is -2.43. The maximum Gasteiger partial charge on any atom is 0.319 e. The summed E-state index contributed by atoms with van der Waals surface area (Å²) in [6.07, 6.45) is 9.00. The normalized spacial score (nSPS) is 27.7. The lowest BCUT2D eigenvalue weighted by atomic mass is 9.95. The topological polar surface area (TPSA) is 54.4 Å². The fourth-order valence-corrected chi connectivity index (χ4v) is 6.80. The lowest BCUT2D eigenvalue weighted by molar-refractivity contribution is 0.108. The van der Waals surface area contributed by atoms with Gasteiger partial charge in [0, 0.05) is 24.2 Å². The Hall–Kier alpha value is -1.66. The van der Waals surface area contributed by atoms with Crippen molar-refractivity contribution < 1.29 is 4.74 Å². The minimum atomic E-state index is 0.179. The van der Waals surface area contributed by atoms with Gasteiger partial charge in [0.05, 0.1) is 5.54 Å². The fraction of sp³-hybridized carbons (Fsp3) is 0.696. The quantitative estimate of drug-likeness (QED) is 0.680. The van der Waals surface area contributed by atoms with Crippen LogP contribution in [0.4, 0.5) is 5.82 Å². The van der Waals surface area contributed by atoms with Crippen LogP contribution in [0.3, 0.4) is 0 Å². The second-order valence-corrected chi connectivity index (χ2v) is 10.3. The highest BCUT2D eigenvalue weighted by atomic mass is 35.5. The summed E-state index contributed by atoms with van der Waals surface area (Å²) < 4.78 is 6.31. The van der Waals surface area contributed by atoms with Crippen molar-refractivity contribution in [1.29, 1.82) is 0 Å². The first-order valence-corrected chi connectivity index (χ1v) is 12.0. The van der Waals surface area contributed by atoms with E-state index in [9.17, 15) is 0 Å². The molecule has 0 aromatic carbocycles. The van der Waals surface area contributed by atoms with Crippen LogP contribution < -0.4 is 9.64 Å². The van der Waals surface area contributed by atoms with Gasteiger partial charge in [0.1, 0.15) is 17.9 Å². The predicted molar refractivity (Wildman–Crippen MR) is 118 cm³/mol. The van der Waals surface area contributed by atoms with Crippen molar-refractivity contribution in [2.75, 3.05) is 37.7 Å². The zero-order chi connectivity index (χ0) is 20.3. The summed E-state index contributed by atoms with van der Waals surface area (Å²) in [5.74, 6) is 2.54. The molecule has 30 heavy (non-hydrogen) atoms. The molecule has 5 heterocycles. The van der Waals surface area contributed by atoms with Crippen molar-refractivity contribution in [2.24, 2.45) is 11.8 Å². The van der Waals surface area contributed by atoms with E-state index in [-0.39, 0.29) is 5.54 Å². The van der Waals surface area contributed by atoms with Crippen LogP contribution in [0.15, 0.2) is 6.07 Å². The second-order valence-electron chi connectivity index (χ2n) is 9.94. The Bertz CT molecular complexity index is 960. The van der Waals surface area contributed by atoms with E-state index in [1.165, 1.54) is 58.0 Å². The van der Waals surface area contributed by atoms with Gasteiger partial charge in [-0.25, -0.2) is 4.98 Å². The molecule has 6 nitrogen and oxygen atoms in total. The van der Waals surface area contributed by atoms with Crippen LogP contribution in [0.25, 0.3) is 10.9 Å². The van der Waals surface area contributed by atoms with Gasteiger partial charge < -0.3 is 9.64 Å². The van der Waals surface area contributed by atoms with Crippen molar-refractivity contribution in [1.82, 2.24) is 19.9 Å². The highest BCUT2D eigenvalue weighted by Crippen LogP contribution is 2.41. The van der Waals surface area contributed by atoms with Crippen LogP contribution in [-0.4, -0.2) is 58.2 Å². The molecule has 4 fully saturated rings. The van der Waals surface area contributed by atoms with Gasteiger partial charge in [0.25, 0.3) is 0 Å². The summed E-state index contributed by atoms with van der Waals surface area (Å²) in [6.45, 7) is 7.17. The van der Waals surface area contributed by atoms with Gasteiger partial charge in [-0.3, -0.25) is 4.90 Å². The summed E-state index contributed by atoms with van der Waals surface area (Å²) in [5, 5.41) is 1.45. The van der Waals surface area contributed by atoms with Crippen molar-refractivity contribution >= 4 is 28.3 Å². The zero-order valence-electron chi connectivity index (χ0n) is 17.7. The first kappa shape index (κ1) is 19.1. The number of rotatable bonds is 4. The summed E-state index contributed by atoms with van der Waals surface area (Å²) in [4.78, 5) is 19.2. The monoisotopic (exact) mass is 427 g/mol. The molecule has 3 saturated heterocycles. The Kier molecular flexibility index (Phi) is 4.57. The molecule has 4 aliphatic rings. The molecule has 6 rings (SSSR count). The number of hydrogen-bond acceptors (Lipinski definition) is 6. The van der Waals surface area contributed by atoms with E-state index in [1.54, 1.807) is 0 Å². The predicted octanol–water partition coefficient (Wildman–Crippen LogP) is 4.23. The molecule has 1 aliphatic carbocycles. The SMILES string of the molecule is Cc1cc2c(N3CC4CCC(C4)C3)nc(OCC34CCCN3CCC4)nc2c(Cl)n1. The third-order valence-electron chi connectivity index (χ3n) is 7.92. The second kappa shape index (κ2) is 7.20. The summed E-state index contributed by atoms with van der Waals surface area (Å²) in [7, 11) is 0. The average molecular weight is 428 g/mol. The van der Waals surface area contributed by atoms with Crippen LogP contribution in [0.1, 0.15) is 50.6 Å². The van der Waals surface area contributed by atoms with E-state index in [4.69, 9.17) is 26.3 Å². The molecule has 2 atom stereocenters. The standard InChI is InChI=1S/C23H30ClN5O/c1-15-10-18-19(20(24)25-15)26-22(30-14-23-6-2-8-29(23)9-3-7-23)27-21(18)28-12-16-4-5-17(11-16)13-28/h10,16-17H,2-9,11-14H2,1H3. The highest BCUT2D eigenvalue weighted by molar-refractivity contribution is 6.34. The van der Waals surface area contributed by atoms with Gasteiger partial charge in [0.15, 0.2) is 5.15 Å². The minimum Gasteiger partial charge on any atom is -0.461 e. The molecule has 2 aromatic heterocycles. The van der Waals surface area contributed by atoms with Crippen LogP contribution in [0.2, 0.25) is 5.15 Å². The van der Waals surface area contributed by atoms with Crippen LogP contribution in [0, 0.1) is 18.8 Å². The Labute approximate surface area is 183 Å². The van der Waals surface area contributed by atoms with Crippen LogP contribution >= 0.6 is 11.6 Å². The molecule has 0 radical (unpaired) electrons. The minimum absolute atomic E-state index is 0.179. The molecule has 2 unspecified atom stereocenters. The van der Waals surface area contributed by atoms with Gasteiger partial charge in [-0.1, -0.05) is 11.6 Å². The van der Waals surface area contributed by atoms with E-state index in [0.717, 1.165) is 41.8 Å². The smallest absolute Gasteiger partial charge is 0.319 e. The van der Waals surface area contributed by atoms with Crippen molar-refractivity contribution in [3.05, 3.63) is 16.9 Å². The summed E-state index contributed by atoms with van der Waals surface area (Å²) >= 11 is 6.55. The Balaban J connectivity index is 1.36. The number of halogens is 1. The number of anilines is 1. The van der Waals surface area contributed by atoms with E-state index >= 15 is 0 Å². The van der Waals surface area contributed by atoms with Gasteiger partial charge >= 0.3 is 6.01 Å². The van der Waals surface area contributed by atoms with E-state index in [1.807, 2.05) is 6.92 Å². The Morgan fingerprint density at radius 2 is 1.83 bits per heavy atom.